The molecule has 7 nitrogen and oxygen atoms in total. The van der Waals surface area contributed by atoms with Crippen LogP contribution in [0.1, 0.15) is 16.7 Å². The van der Waals surface area contributed by atoms with Gasteiger partial charge in [-0.15, -0.1) is 0 Å². The molecule has 0 N–H and O–H groups in total. The van der Waals surface area contributed by atoms with Crippen LogP contribution >= 0.6 is 11.6 Å². The summed E-state index contributed by atoms with van der Waals surface area (Å²) in [4.78, 5) is 30.6. The smallest absolute Gasteiger partial charge is 0.336 e. The van der Waals surface area contributed by atoms with Crippen LogP contribution in [0.2, 0.25) is 5.02 Å². The van der Waals surface area contributed by atoms with Crippen LogP contribution in [0, 0.1) is 6.92 Å². The molecular formula is C32H24ClN3O4. The number of hydrogen-bond donors (Lipinski definition) is 0. The number of aromatic nitrogens is 2. The minimum Gasteiger partial charge on any atom is -0.493 e. The van der Waals surface area contributed by atoms with Gasteiger partial charge in [-0.25, -0.2) is 9.78 Å². The third kappa shape index (κ3) is 6.00. The molecule has 0 atom stereocenters. The van der Waals surface area contributed by atoms with Crippen molar-refractivity contribution in [2.45, 2.75) is 6.92 Å². The Balaban J connectivity index is 1.44. The number of methoxy groups -OCH3 is 1. The molecular weight excluding hydrogens is 526 g/mol. The van der Waals surface area contributed by atoms with Gasteiger partial charge in [-0.05, 0) is 72.7 Å². The molecule has 1 aromatic heterocycles. The van der Waals surface area contributed by atoms with Crippen LogP contribution in [0.5, 0.6) is 11.5 Å². The van der Waals surface area contributed by atoms with E-state index in [2.05, 4.69) is 5.10 Å². The van der Waals surface area contributed by atoms with E-state index in [0.29, 0.717) is 33.1 Å². The first kappa shape index (κ1) is 26.6. The second kappa shape index (κ2) is 11.8. The number of para-hydroxylation sites is 1. The Labute approximate surface area is 235 Å². The van der Waals surface area contributed by atoms with E-state index in [1.165, 1.54) is 24.1 Å². The second-order valence-electron chi connectivity index (χ2n) is 8.90. The van der Waals surface area contributed by atoms with Crippen molar-refractivity contribution in [1.29, 1.82) is 0 Å². The van der Waals surface area contributed by atoms with Gasteiger partial charge in [0.15, 0.2) is 17.3 Å². The van der Waals surface area contributed by atoms with Crippen LogP contribution in [0.4, 0.5) is 0 Å². The molecule has 0 radical (unpaired) electrons. The zero-order chi connectivity index (χ0) is 28.1. The van der Waals surface area contributed by atoms with E-state index in [0.717, 1.165) is 16.7 Å². The number of fused-ring (bicyclic) bond motifs is 1. The Kier molecular flexibility index (Phi) is 7.84. The van der Waals surface area contributed by atoms with E-state index in [9.17, 15) is 9.59 Å². The van der Waals surface area contributed by atoms with Crippen molar-refractivity contribution in [3.8, 4) is 22.9 Å². The third-order valence-electron chi connectivity index (χ3n) is 6.03. The van der Waals surface area contributed by atoms with Crippen molar-refractivity contribution in [1.82, 2.24) is 9.66 Å². The standard InChI is InChI=1S/C32H24ClN3O4/c1-21-6-5-7-24(18-21)31-35-27-9-4-3-8-26(27)32(38)36(31)34-20-23-12-16-28(29(19-23)39-2)40-30(37)17-13-22-10-14-25(33)15-11-22/h3-20H,1-2H3/b17-13+,34-20?. The number of nitrogens with zero attached hydrogens (tertiary/aromatic N) is 3. The maximum atomic E-state index is 13.4. The first-order chi connectivity index (χ1) is 19.4. The van der Waals surface area contributed by atoms with Crippen molar-refractivity contribution in [3.05, 3.63) is 129 Å². The highest BCUT2D eigenvalue weighted by Crippen LogP contribution is 2.28. The molecule has 198 valence electrons. The van der Waals surface area contributed by atoms with Gasteiger partial charge in [0.1, 0.15) is 0 Å². The Morgan fingerprint density at radius 2 is 1.70 bits per heavy atom. The minimum atomic E-state index is -0.564. The van der Waals surface area contributed by atoms with Gasteiger partial charge in [0, 0.05) is 16.7 Å². The molecule has 0 spiro atoms. The molecule has 1 heterocycles. The second-order valence-corrected chi connectivity index (χ2v) is 9.34. The van der Waals surface area contributed by atoms with Crippen molar-refractivity contribution < 1.29 is 14.3 Å². The van der Waals surface area contributed by atoms with E-state index in [1.807, 2.05) is 37.3 Å². The molecule has 0 amide bonds. The highest BCUT2D eigenvalue weighted by Gasteiger charge is 2.13. The summed E-state index contributed by atoms with van der Waals surface area (Å²) < 4.78 is 12.2. The van der Waals surface area contributed by atoms with E-state index >= 15 is 0 Å². The van der Waals surface area contributed by atoms with Crippen molar-refractivity contribution in [2.75, 3.05) is 7.11 Å². The molecule has 5 rings (SSSR count). The molecule has 0 fully saturated rings. The fraction of sp³-hybridized carbons (Fsp3) is 0.0625. The van der Waals surface area contributed by atoms with Crippen molar-refractivity contribution >= 4 is 40.8 Å². The fourth-order valence-corrected chi connectivity index (χ4v) is 4.18. The molecule has 0 aliphatic rings. The van der Waals surface area contributed by atoms with Gasteiger partial charge in [-0.2, -0.15) is 9.78 Å². The van der Waals surface area contributed by atoms with Gasteiger partial charge in [0.05, 0.1) is 24.2 Å². The molecule has 0 saturated carbocycles. The Morgan fingerprint density at radius 1 is 0.925 bits per heavy atom. The zero-order valence-electron chi connectivity index (χ0n) is 21.7. The summed E-state index contributed by atoms with van der Waals surface area (Å²) >= 11 is 5.90. The lowest BCUT2D eigenvalue weighted by atomic mass is 10.1. The number of ether oxygens (including phenoxy) is 2. The summed E-state index contributed by atoms with van der Waals surface area (Å²) in [6, 6.07) is 27.0. The molecule has 40 heavy (non-hydrogen) atoms. The van der Waals surface area contributed by atoms with Crippen molar-refractivity contribution in [3.63, 3.8) is 0 Å². The number of hydrogen-bond acceptors (Lipinski definition) is 6. The predicted octanol–water partition coefficient (Wildman–Crippen LogP) is 6.53. The van der Waals surface area contributed by atoms with E-state index in [1.54, 1.807) is 66.7 Å². The lowest BCUT2D eigenvalue weighted by Gasteiger charge is -2.11. The van der Waals surface area contributed by atoms with Gasteiger partial charge in [-0.3, -0.25) is 4.79 Å². The molecule has 0 unspecified atom stereocenters. The monoisotopic (exact) mass is 549 g/mol. The van der Waals surface area contributed by atoms with Gasteiger partial charge in [0.2, 0.25) is 0 Å². The highest BCUT2D eigenvalue weighted by molar-refractivity contribution is 6.30. The summed E-state index contributed by atoms with van der Waals surface area (Å²) in [6.07, 6.45) is 4.49. The molecule has 8 heteroatoms. The summed E-state index contributed by atoms with van der Waals surface area (Å²) in [5, 5.41) is 5.57. The SMILES string of the molecule is COc1cc(C=Nn2c(-c3cccc(C)c3)nc3ccccc3c2=O)ccc1OC(=O)/C=C/c1ccc(Cl)cc1. The first-order valence-electron chi connectivity index (χ1n) is 12.4. The molecule has 5 aromatic rings. The quantitative estimate of drug-likeness (QED) is 0.0996. The number of rotatable bonds is 7. The highest BCUT2D eigenvalue weighted by atomic mass is 35.5. The largest absolute Gasteiger partial charge is 0.493 e. The summed E-state index contributed by atoms with van der Waals surface area (Å²) in [5.74, 6) is 0.440. The summed E-state index contributed by atoms with van der Waals surface area (Å²) in [6.45, 7) is 1.98. The average molecular weight is 550 g/mol. The topological polar surface area (TPSA) is 82.8 Å². The Bertz CT molecular complexity index is 1830. The average Bonchev–Trinajstić information content (AvgIpc) is 2.97. The first-order valence-corrected chi connectivity index (χ1v) is 12.8. The number of benzene rings is 4. The Hall–Kier alpha value is -5.01. The van der Waals surface area contributed by atoms with Gasteiger partial charge < -0.3 is 9.47 Å². The molecule has 0 bridgehead atoms. The van der Waals surface area contributed by atoms with Crippen molar-refractivity contribution in [2.24, 2.45) is 5.10 Å². The molecule has 0 aliphatic carbocycles. The van der Waals surface area contributed by atoms with E-state index < -0.39 is 5.97 Å². The van der Waals surface area contributed by atoms with Gasteiger partial charge >= 0.3 is 5.97 Å². The maximum Gasteiger partial charge on any atom is 0.336 e. The minimum absolute atomic E-state index is 0.246. The van der Waals surface area contributed by atoms with Crippen LogP contribution in [0.15, 0.2) is 107 Å². The van der Waals surface area contributed by atoms with Gasteiger partial charge in [-0.1, -0.05) is 59.6 Å². The normalized spacial score (nSPS) is 11.4. The molecule has 4 aromatic carbocycles. The van der Waals surface area contributed by atoms with Crippen LogP contribution in [0.3, 0.4) is 0 Å². The van der Waals surface area contributed by atoms with Crippen LogP contribution in [0.25, 0.3) is 28.4 Å². The summed E-state index contributed by atoms with van der Waals surface area (Å²) in [5.41, 5.74) is 3.54. The predicted molar refractivity (Wildman–Crippen MR) is 158 cm³/mol. The van der Waals surface area contributed by atoms with Gasteiger partial charge in [0.25, 0.3) is 5.56 Å². The lowest BCUT2D eigenvalue weighted by Crippen LogP contribution is -2.20. The zero-order valence-corrected chi connectivity index (χ0v) is 22.5. The van der Waals surface area contributed by atoms with E-state index in [4.69, 9.17) is 26.1 Å². The van der Waals surface area contributed by atoms with Crippen LogP contribution in [-0.4, -0.2) is 29.0 Å². The number of carbonyl (C=O) groups is 1. The fourth-order valence-electron chi connectivity index (χ4n) is 4.06. The third-order valence-corrected chi connectivity index (χ3v) is 6.28. The molecule has 0 saturated heterocycles. The number of aryl methyl sites for hydroxylation is 1. The lowest BCUT2D eigenvalue weighted by molar-refractivity contribution is -0.129. The number of esters is 1. The number of halogens is 1. The van der Waals surface area contributed by atoms with Crippen LogP contribution in [-0.2, 0) is 4.79 Å². The summed E-state index contributed by atoms with van der Waals surface area (Å²) in [7, 11) is 1.48. The molecule has 0 aliphatic heterocycles. The maximum absolute atomic E-state index is 13.4. The van der Waals surface area contributed by atoms with E-state index in [-0.39, 0.29) is 11.3 Å². The van der Waals surface area contributed by atoms with Crippen LogP contribution < -0.4 is 15.0 Å². The Morgan fingerprint density at radius 3 is 2.48 bits per heavy atom. The number of carbonyl (C=O) groups excluding carboxylic acids is 1.